The van der Waals surface area contributed by atoms with Crippen molar-refractivity contribution in [2.45, 2.75) is 75.4 Å². The minimum atomic E-state index is -0.969. The Morgan fingerprint density at radius 2 is 1.63 bits per heavy atom. The molecule has 3 aliphatic rings. The molecule has 0 saturated heterocycles. The third kappa shape index (κ3) is 8.13. The van der Waals surface area contributed by atoms with Gasteiger partial charge in [0.05, 0.1) is 23.5 Å². The van der Waals surface area contributed by atoms with Crippen LogP contribution < -0.4 is 9.47 Å². The predicted molar refractivity (Wildman–Crippen MR) is 218 cm³/mol. The molecule has 4 aromatic carbocycles. The zero-order valence-electron chi connectivity index (χ0n) is 31.3. The van der Waals surface area contributed by atoms with E-state index in [2.05, 4.69) is 68.1 Å². The maximum absolute atomic E-state index is 9.89. The lowest BCUT2D eigenvalue weighted by atomic mass is 9.56. The molecule has 1 aliphatic heterocycles. The number of unbranched alkanes of at least 4 members (excludes halogenated alkanes) is 2. The van der Waals surface area contributed by atoms with Crippen LogP contribution in [-0.2, 0) is 16.2 Å². The monoisotopic (exact) mass is 747 g/mol. The molecule has 7 nitrogen and oxygen atoms in total. The molecule has 1 fully saturated rings. The van der Waals surface area contributed by atoms with Gasteiger partial charge in [0.25, 0.3) is 0 Å². The second kappa shape index (κ2) is 18.0. The molecule has 8 heteroatoms. The molecule has 0 aromatic heterocycles. The average molecular weight is 748 g/mol. The van der Waals surface area contributed by atoms with Crippen molar-refractivity contribution in [3.63, 3.8) is 0 Å². The molecule has 0 amide bonds. The average Bonchev–Trinajstić information content (AvgIpc) is 3.20. The Balaban J connectivity index is 1.36. The number of fused-ring (bicyclic) bond motifs is 3. The fourth-order valence-electron chi connectivity index (χ4n) is 8.87. The van der Waals surface area contributed by atoms with Crippen LogP contribution in [0.1, 0.15) is 68.9 Å². The summed E-state index contributed by atoms with van der Waals surface area (Å²) in [5.41, 5.74) is 4.25. The zero-order chi connectivity index (χ0) is 37.3. The number of nitrogens with zero attached hydrogens (tertiary/aromatic N) is 1. The quantitative estimate of drug-likeness (QED) is 0.0595. The van der Waals surface area contributed by atoms with Gasteiger partial charge >= 0.3 is 0 Å². The van der Waals surface area contributed by atoms with Gasteiger partial charge in [0.15, 0.2) is 0 Å². The van der Waals surface area contributed by atoms with Crippen molar-refractivity contribution in [3.05, 3.63) is 126 Å². The minimum Gasteiger partial charge on any atom is -0.460 e. The van der Waals surface area contributed by atoms with Crippen LogP contribution in [0.5, 0.6) is 17.2 Å². The molecule has 0 radical (unpaired) electrons. The van der Waals surface area contributed by atoms with Crippen LogP contribution >= 0.6 is 11.8 Å². The van der Waals surface area contributed by atoms with Gasteiger partial charge in [-0.1, -0.05) is 97.7 Å². The van der Waals surface area contributed by atoms with Gasteiger partial charge in [-0.05, 0) is 95.5 Å². The third-order valence-electron chi connectivity index (χ3n) is 11.2. The first-order valence-electron chi connectivity index (χ1n) is 19.6. The maximum atomic E-state index is 9.89. The van der Waals surface area contributed by atoms with Crippen molar-refractivity contribution in [1.82, 2.24) is 0 Å². The van der Waals surface area contributed by atoms with Crippen molar-refractivity contribution < 1.29 is 29.3 Å². The molecule has 0 bridgehead atoms. The molecule has 0 spiro atoms. The van der Waals surface area contributed by atoms with E-state index in [4.69, 9.17) is 24.2 Å². The molecular weight excluding hydrogens is 695 g/mol. The molecule has 0 unspecified atom stereocenters. The summed E-state index contributed by atoms with van der Waals surface area (Å²) in [6.07, 6.45) is 10.1. The molecule has 284 valence electrons. The van der Waals surface area contributed by atoms with Crippen molar-refractivity contribution in [2.75, 3.05) is 25.6 Å². The number of aliphatic hydroxyl groups excluding tert-OH is 2. The molecule has 54 heavy (non-hydrogen) atoms. The standard InChI is InChI=1S/C46H53NO6S/c1-3-26-50-46-43(54-4-2)30-41(47-51-31-32-14-6-5-7-15-32)39-28-35(18-10-12-24-48)38(19-11-13-25-49)44(45(39)46)40-29-37(22-23-42(40)53-46)52-36-21-20-33-16-8-9-17-34(33)27-36/h3,5-9,14-17,20-23,27-29,35,38,43-45,48-49H,1,4,10-13,18-19,24-26,30-31H2,2H3/t35-,38+,43-,44+,45+,46+/m0/s1. The van der Waals surface area contributed by atoms with Gasteiger partial charge in [-0.15, -0.1) is 6.58 Å². The minimum absolute atomic E-state index is 0.0103. The van der Waals surface area contributed by atoms with E-state index in [9.17, 15) is 10.2 Å². The summed E-state index contributed by atoms with van der Waals surface area (Å²) in [5, 5.41) is 26.9. The lowest BCUT2D eigenvalue weighted by Crippen LogP contribution is -2.64. The first-order chi connectivity index (χ1) is 26.6. The number of allylic oxidation sites excluding steroid dienone is 1. The van der Waals surface area contributed by atoms with Crippen LogP contribution in [0.3, 0.4) is 0 Å². The number of benzene rings is 4. The Morgan fingerprint density at radius 3 is 2.41 bits per heavy atom. The van der Waals surface area contributed by atoms with E-state index in [0.29, 0.717) is 19.6 Å². The second-order valence-corrected chi connectivity index (χ2v) is 16.1. The Labute approximate surface area is 324 Å². The predicted octanol–water partition coefficient (Wildman–Crippen LogP) is 10.2. The van der Waals surface area contributed by atoms with Crippen LogP contribution in [0.25, 0.3) is 10.8 Å². The van der Waals surface area contributed by atoms with Crippen LogP contribution in [-0.4, -0.2) is 52.5 Å². The summed E-state index contributed by atoms with van der Waals surface area (Å²) < 4.78 is 20.8. The van der Waals surface area contributed by atoms with Crippen LogP contribution in [0.15, 0.2) is 120 Å². The highest BCUT2D eigenvalue weighted by molar-refractivity contribution is 8.00. The topological polar surface area (TPSA) is 89.7 Å². The smallest absolute Gasteiger partial charge is 0.230 e. The molecule has 4 aromatic rings. The number of aliphatic hydroxyl groups is 2. The van der Waals surface area contributed by atoms with Crippen molar-refractivity contribution in [2.24, 2.45) is 22.9 Å². The summed E-state index contributed by atoms with van der Waals surface area (Å²) in [6, 6.07) is 30.9. The molecule has 1 heterocycles. The Bertz CT molecular complexity index is 1930. The summed E-state index contributed by atoms with van der Waals surface area (Å²) in [6.45, 7) is 7.28. The lowest BCUT2D eigenvalue weighted by molar-refractivity contribution is -0.223. The van der Waals surface area contributed by atoms with Gasteiger partial charge in [-0.3, -0.25) is 0 Å². The zero-order valence-corrected chi connectivity index (χ0v) is 32.1. The summed E-state index contributed by atoms with van der Waals surface area (Å²) >= 11 is 1.85. The highest BCUT2D eigenvalue weighted by atomic mass is 32.2. The largest absolute Gasteiger partial charge is 0.460 e. The van der Waals surface area contributed by atoms with Crippen LogP contribution in [0.4, 0.5) is 0 Å². The van der Waals surface area contributed by atoms with Gasteiger partial charge in [-0.25, -0.2) is 0 Å². The van der Waals surface area contributed by atoms with Gasteiger partial charge in [0.2, 0.25) is 5.79 Å². The number of thioether (sulfide) groups is 1. The van der Waals surface area contributed by atoms with Crippen LogP contribution in [0.2, 0.25) is 0 Å². The fourth-order valence-corrected chi connectivity index (χ4v) is 10.0. The third-order valence-corrected chi connectivity index (χ3v) is 12.4. The number of rotatable bonds is 18. The number of hydrogen-bond acceptors (Lipinski definition) is 8. The maximum Gasteiger partial charge on any atom is 0.230 e. The van der Waals surface area contributed by atoms with Gasteiger partial charge in [-0.2, -0.15) is 11.8 Å². The van der Waals surface area contributed by atoms with E-state index in [1.165, 1.54) is 5.39 Å². The van der Waals surface area contributed by atoms with E-state index in [1.807, 2.05) is 60.3 Å². The Hall–Kier alpha value is -4.08. The van der Waals surface area contributed by atoms with Gasteiger partial charge in [0.1, 0.15) is 23.9 Å². The SMILES string of the molecule is C=CCO[C@@]12Oc3ccc(Oc4ccc5ccccc5c4)cc3[C@H]3[C@H](CCCCO)[C@@H](CCCCO)C=C(C(=NOCc4ccccc4)C[C@@H]1SCC)[C@H]32. The first-order valence-corrected chi connectivity index (χ1v) is 20.7. The normalized spacial score (nSPS) is 25.0. The van der Waals surface area contributed by atoms with E-state index >= 15 is 0 Å². The van der Waals surface area contributed by atoms with E-state index in [0.717, 1.165) is 89.3 Å². The van der Waals surface area contributed by atoms with Crippen LogP contribution in [0, 0.1) is 17.8 Å². The first kappa shape index (κ1) is 38.2. The van der Waals surface area contributed by atoms with E-state index < -0.39 is 5.79 Å². The fraction of sp³-hybridized carbons (Fsp3) is 0.413. The molecular formula is C46H53NO6S. The summed E-state index contributed by atoms with van der Waals surface area (Å²) in [4.78, 5) is 6.16. The number of ether oxygens (including phenoxy) is 3. The molecule has 2 N–H and O–H groups in total. The number of hydrogen-bond donors (Lipinski definition) is 2. The second-order valence-electron chi connectivity index (χ2n) is 14.6. The van der Waals surface area contributed by atoms with Crippen molar-refractivity contribution in [3.8, 4) is 17.2 Å². The molecule has 1 saturated carbocycles. The van der Waals surface area contributed by atoms with Crippen molar-refractivity contribution >= 4 is 28.2 Å². The number of oxime groups is 1. The van der Waals surface area contributed by atoms with E-state index in [1.54, 1.807) is 0 Å². The lowest BCUT2D eigenvalue weighted by Gasteiger charge is -2.58. The molecule has 7 rings (SSSR count). The molecule has 2 aliphatic carbocycles. The van der Waals surface area contributed by atoms with Gasteiger partial charge < -0.3 is 29.3 Å². The highest BCUT2D eigenvalue weighted by Crippen LogP contribution is 2.62. The summed E-state index contributed by atoms with van der Waals surface area (Å²) in [7, 11) is 0. The Morgan fingerprint density at radius 1 is 0.889 bits per heavy atom. The Kier molecular flexibility index (Phi) is 12.8. The van der Waals surface area contributed by atoms with Gasteiger partial charge in [0, 0.05) is 31.1 Å². The highest BCUT2D eigenvalue weighted by Gasteiger charge is 2.63. The van der Waals surface area contributed by atoms with E-state index in [-0.39, 0.29) is 42.1 Å². The molecule has 6 atom stereocenters. The summed E-state index contributed by atoms with van der Waals surface area (Å²) in [5.74, 6) is 2.55. The van der Waals surface area contributed by atoms with Crippen molar-refractivity contribution in [1.29, 1.82) is 0 Å².